The first-order valence-corrected chi connectivity index (χ1v) is 12.6. The molecule has 1 nitrogen and oxygen atoms in total. The minimum Gasteiger partial charge on any atom is -0.316 e. The van der Waals surface area contributed by atoms with Crippen LogP contribution in [0.3, 0.4) is 0 Å². The smallest absolute Gasteiger partial charge is 0.00115 e. The summed E-state index contributed by atoms with van der Waals surface area (Å²) in [7, 11) is 0. The molecule has 0 bridgehead atoms. The van der Waals surface area contributed by atoms with E-state index in [1.54, 1.807) is 0 Å². The van der Waals surface area contributed by atoms with Crippen molar-refractivity contribution in [2.75, 3.05) is 13.1 Å². The van der Waals surface area contributed by atoms with Crippen LogP contribution in [0.1, 0.15) is 98.8 Å². The summed E-state index contributed by atoms with van der Waals surface area (Å²) in [5, 5.41) is 3.69. The molecule has 0 radical (unpaired) electrons. The highest BCUT2D eigenvalue weighted by Crippen LogP contribution is 2.42. The van der Waals surface area contributed by atoms with Crippen LogP contribution in [0, 0.1) is 29.1 Å². The average Bonchev–Trinajstić information content (AvgIpc) is 2.71. The predicted molar refractivity (Wildman–Crippen MR) is 132 cm³/mol. The molecule has 1 fully saturated rings. The molecule has 1 saturated carbocycles. The topological polar surface area (TPSA) is 12.0 Å². The zero-order valence-corrected chi connectivity index (χ0v) is 20.4. The Hall–Kier alpha value is -0.820. The van der Waals surface area contributed by atoms with Crippen LogP contribution in [0.15, 0.2) is 37.0 Å². The van der Waals surface area contributed by atoms with Crippen molar-refractivity contribution in [3.05, 3.63) is 37.0 Å². The van der Waals surface area contributed by atoms with Crippen molar-refractivity contribution < 1.29 is 0 Å². The largest absolute Gasteiger partial charge is 0.316 e. The second-order valence-electron chi connectivity index (χ2n) is 10.0. The van der Waals surface area contributed by atoms with Crippen LogP contribution in [0.5, 0.6) is 0 Å². The Labute approximate surface area is 183 Å². The van der Waals surface area contributed by atoms with E-state index in [1.807, 2.05) is 0 Å². The van der Waals surface area contributed by atoms with E-state index in [1.165, 1.54) is 57.8 Å². The summed E-state index contributed by atoms with van der Waals surface area (Å²) in [5.41, 5.74) is 0.316. The van der Waals surface area contributed by atoms with Gasteiger partial charge in [-0.05, 0) is 68.2 Å². The Bertz CT molecular complexity index is 471. The van der Waals surface area contributed by atoms with Gasteiger partial charge in [0.2, 0.25) is 0 Å². The van der Waals surface area contributed by atoms with Crippen molar-refractivity contribution in [3.8, 4) is 0 Å². The summed E-state index contributed by atoms with van der Waals surface area (Å²) in [6.07, 6.45) is 25.2. The standard InChI is InChI=1S/C28H51N/c1-7-14-24(4)23-29-21-19-25(5)28(6,22-27-16-11-10-12-17-27)20-13-18-26(9-3)15-8-2/h7,9,13-14,20,24-27,29H,3,8,10-12,15-19,21-23H2,1-2,4-6H3/b14-7-,20-13-. The van der Waals surface area contributed by atoms with E-state index < -0.39 is 0 Å². The van der Waals surface area contributed by atoms with Crippen molar-refractivity contribution >= 4 is 0 Å². The molecule has 0 saturated heterocycles. The van der Waals surface area contributed by atoms with Crippen molar-refractivity contribution in [1.29, 1.82) is 0 Å². The summed E-state index contributed by atoms with van der Waals surface area (Å²) >= 11 is 0. The summed E-state index contributed by atoms with van der Waals surface area (Å²) in [6.45, 7) is 18.0. The quantitative estimate of drug-likeness (QED) is 0.215. The molecular weight excluding hydrogens is 350 g/mol. The van der Waals surface area contributed by atoms with Gasteiger partial charge in [0.25, 0.3) is 0 Å². The van der Waals surface area contributed by atoms with Crippen LogP contribution in [0.2, 0.25) is 0 Å². The second kappa shape index (κ2) is 15.1. The lowest BCUT2D eigenvalue weighted by Gasteiger charge is -2.38. The zero-order chi connectivity index (χ0) is 21.5. The van der Waals surface area contributed by atoms with E-state index in [-0.39, 0.29) is 0 Å². The first-order chi connectivity index (χ1) is 13.9. The van der Waals surface area contributed by atoms with Gasteiger partial charge in [0.15, 0.2) is 0 Å². The number of allylic oxidation sites excluding steroid dienone is 4. The molecule has 0 amide bonds. The fourth-order valence-corrected chi connectivity index (χ4v) is 5.04. The Morgan fingerprint density at radius 3 is 2.48 bits per heavy atom. The van der Waals surface area contributed by atoms with Crippen LogP contribution < -0.4 is 5.32 Å². The molecular formula is C28H51N. The Balaban J connectivity index is 2.67. The summed E-state index contributed by atoms with van der Waals surface area (Å²) < 4.78 is 0. The molecule has 4 unspecified atom stereocenters. The van der Waals surface area contributed by atoms with Crippen molar-refractivity contribution in [3.63, 3.8) is 0 Å². The molecule has 1 aliphatic carbocycles. The van der Waals surface area contributed by atoms with E-state index >= 15 is 0 Å². The lowest BCUT2D eigenvalue weighted by molar-refractivity contribution is 0.175. The van der Waals surface area contributed by atoms with E-state index in [0.717, 1.165) is 25.4 Å². The fourth-order valence-electron chi connectivity index (χ4n) is 5.04. The molecule has 0 aliphatic heterocycles. The molecule has 1 aliphatic rings. The van der Waals surface area contributed by atoms with Crippen molar-refractivity contribution in [2.24, 2.45) is 29.1 Å². The third-order valence-electron chi connectivity index (χ3n) is 7.25. The Morgan fingerprint density at radius 2 is 1.86 bits per heavy atom. The van der Waals surface area contributed by atoms with Crippen LogP contribution in [0.4, 0.5) is 0 Å². The molecule has 0 spiro atoms. The average molecular weight is 402 g/mol. The molecule has 0 aromatic rings. The third kappa shape index (κ3) is 10.7. The summed E-state index contributed by atoms with van der Waals surface area (Å²) in [4.78, 5) is 0. The molecule has 168 valence electrons. The van der Waals surface area contributed by atoms with Gasteiger partial charge in [-0.3, -0.25) is 0 Å². The molecule has 29 heavy (non-hydrogen) atoms. The molecule has 1 N–H and O–H groups in total. The van der Waals surface area contributed by atoms with E-state index in [0.29, 0.717) is 23.2 Å². The van der Waals surface area contributed by atoms with Crippen molar-refractivity contribution in [2.45, 2.75) is 98.8 Å². The van der Waals surface area contributed by atoms with Crippen LogP contribution in [-0.4, -0.2) is 13.1 Å². The highest BCUT2D eigenvalue weighted by Gasteiger charge is 2.31. The third-order valence-corrected chi connectivity index (χ3v) is 7.25. The molecule has 1 rings (SSSR count). The lowest BCUT2D eigenvalue weighted by Crippen LogP contribution is -2.31. The van der Waals surface area contributed by atoms with Crippen molar-refractivity contribution in [1.82, 2.24) is 5.32 Å². The Kier molecular flexibility index (Phi) is 13.6. The molecule has 1 heteroatoms. The highest BCUT2D eigenvalue weighted by molar-refractivity contribution is 5.03. The summed E-state index contributed by atoms with van der Waals surface area (Å²) in [6, 6.07) is 0. The minimum atomic E-state index is 0.316. The predicted octanol–water partition coefficient (Wildman–Crippen LogP) is 8.34. The van der Waals surface area contributed by atoms with Gasteiger partial charge in [0.1, 0.15) is 0 Å². The normalized spacial score (nSPS) is 21.3. The van der Waals surface area contributed by atoms with Gasteiger partial charge >= 0.3 is 0 Å². The first-order valence-electron chi connectivity index (χ1n) is 12.6. The number of nitrogens with one attached hydrogen (secondary N) is 1. The van der Waals surface area contributed by atoms with E-state index in [9.17, 15) is 0 Å². The van der Waals surface area contributed by atoms with E-state index in [4.69, 9.17) is 0 Å². The van der Waals surface area contributed by atoms with E-state index in [2.05, 4.69) is 76.9 Å². The number of rotatable bonds is 15. The second-order valence-corrected chi connectivity index (χ2v) is 10.0. The van der Waals surface area contributed by atoms with Crippen LogP contribution in [0.25, 0.3) is 0 Å². The molecule has 0 heterocycles. The van der Waals surface area contributed by atoms with Crippen LogP contribution >= 0.6 is 0 Å². The maximum Gasteiger partial charge on any atom is 0.00115 e. The molecule has 0 aromatic carbocycles. The monoisotopic (exact) mass is 401 g/mol. The highest BCUT2D eigenvalue weighted by atomic mass is 14.8. The summed E-state index contributed by atoms with van der Waals surface area (Å²) in [5.74, 6) is 2.89. The molecule has 0 aromatic heterocycles. The maximum atomic E-state index is 4.05. The van der Waals surface area contributed by atoms with Gasteiger partial charge in [-0.2, -0.15) is 0 Å². The van der Waals surface area contributed by atoms with Gasteiger partial charge < -0.3 is 5.32 Å². The maximum absolute atomic E-state index is 4.05. The Morgan fingerprint density at radius 1 is 1.14 bits per heavy atom. The first kappa shape index (κ1) is 26.2. The fraction of sp³-hybridized carbons (Fsp3) is 0.786. The molecule has 4 atom stereocenters. The number of hydrogen-bond acceptors (Lipinski definition) is 1. The number of hydrogen-bond donors (Lipinski definition) is 1. The van der Waals surface area contributed by atoms with Gasteiger partial charge in [-0.25, -0.2) is 0 Å². The SMILES string of the molecule is C=CC(C/C=C\C(C)(CC1CCCCC1)C(C)CCNCC(C)/C=C\C)CCC. The van der Waals surface area contributed by atoms with Gasteiger partial charge in [-0.15, -0.1) is 6.58 Å². The van der Waals surface area contributed by atoms with Gasteiger partial charge in [-0.1, -0.05) is 96.6 Å². The minimum absolute atomic E-state index is 0.316. The van der Waals surface area contributed by atoms with Gasteiger partial charge in [0, 0.05) is 6.54 Å². The lowest BCUT2D eigenvalue weighted by atomic mass is 9.68. The zero-order valence-electron chi connectivity index (χ0n) is 20.4. The van der Waals surface area contributed by atoms with Gasteiger partial charge in [0.05, 0.1) is 0 Å². The van der Waals surface area contributed by atoms with Crippen LogP contribution in [-0.2, 0) is 0 Å².